The monoisotopic (exact) mass is 246 g/mol. The fourth-order valence-electron chi connectivity index (χ4n) is 3.00. The summed E-state index contributed by atoms with van der Waals surface area (Å²) in [7, 11) is 0. The molecule has 2 nitrogen and oxygen atoms in total. The van der Waals surface area contributed by atoms with Gasteiger partial charge >= 0.3 is 0 Å². The van der Waals surface area contributed by atoms with Crippen LogP contribution in [0.4, 0.5) is 0 Å². The molecule has 0 unspecified atom stereocenters. The first-order valence-electron chi connectivity index (χ1n) is 6.38. The van der Waals surface area contributed by atoms with Crippen LogP contribution in [0.3, 0.4) is 0 Å². The number of benzene rings is 1. The van der Waals surface area contributed by atoms with Crippen molar-refractivity contribution in [3.63, 3.8) is 0 Å². The third-order valence-electron chi connectivity index (χ3n) is 4.26. The van der Waals surface area contributed by atoms with Crippen molar-refractivity contribution in [1.29, 1.82) is 0 Å². The lowest BCUT2D eigenvalue weighted by molar-refractivity contribution is 0.140. The summed E-state index contributed by atoms with van der Waals surface area (Å²) in [5.41, 5.74) is 4.02. The van der Waals surface area contributed by atoms with Crippen LogP contribution in [0.25, 0.3) is 11.0 Å². The summed E-state index contributed by atoms with van der Waals surface area (Å²) in [6, 6.07) is 6.52. The Hall–Kier alpha value is -1.09. The lowest BCUT2D eigenvalue weighted by Crippen LogP contribution is -2.39. The molecule has 0 bridgehead atoms. The number of imidazole rings is 1. The van der Waals surface area contributed by atoms with Gasteiger partial charge < -0.3 is 9.55 Å². The summed E-state index contributed by atoms with van der Waals surface area (Å²) in [4.78, 5) is 3.34. The zero-order valence-electron chi connectivity index (χ0n) is 10.4. The number of aromatic amines is 1. The van der Waals surface area contributed by atoms with E-state index in [1.54, 1.807) is 0 Å². The lowest BCUT2D eigenvalue weighted by atomic mass is 9.74. The van der Waals surface area contributed by atoms with E-state index in [0.29, 0.717) is 0 Å². The number of aromatic nitrogens is 2. The molecule has 0 atom stereocenters. The molecule has 1 aromatic carbocycles. The molecule has 3 rings (SSSR count). The Kier molecular flexibility index (Phi) is 2.40. The molecule has 1 aliphatic carbocycles. The average Bonchev–Trinajstić information content (AvgIpc) is 2.56. The molecule has 2 aromatic rings. The maximum Gasteiger partial charge on any atom is 0.178 e. The Morgan fingerprint density at radius 1 is 1.41 bits per heavy atom. The molecular weight excluding hydrogens is 228 g/mol. The minimum atomic E-state index is 0.281. The van der Waals surface area contributed by atoms with Gasteiger partial charge in [-0.05, 0) is 62.5 Å². The second-order valence-corrected chi connectivity index (χ2v) is 5.60. The molecular formula is C14H18N2S. The van der Waals surface area contributed by atoms with Crippen molar-refractivity contribution in [1.82, 2.24) is 9.55 Å². The van der Waals surface area contributed by atoms with Gasteiger partial charge in [0.25, 0.3) is 0 Å². The van der Waals surface area contributed by atoms with Crippen LogP contribution in [0, 0.1) is 11.7 Å². The van der Waals surface area contributed by atoms with Crippen LogP contribution in [-0.4, -0.2) is 9.55 Å². The molecule has 1 aromatic heterocycles. The van der Waals surface area contributed by atoms with E-state index < -0.39 is 0 Å². The van der Waals surface area contributed by atoms with Crippen molar-refractivity contribution < 1.29 is 0 Å². The van der Waals surface area contributed by atoms with E-state index >= 15 is 0 Å². The molecule has 0 amide bonds. The summed E-state index contributed by atoms with van der Waals surface area (Å²) in [5, 5.41) is 0. The van der Waals surface area contributed by atoms with Crippen molar-refractivity contribution in [2.75, 3.05) is 0 Å². The normalized spacial score (nSPS) is 18.2. The summed E-state index contributed by atoms with van der Waals surface area (Å²) in [6.45, 7) is 4.41. The lowest BCUT2D eigenvalue weighted by Gasteiger charge is -2.43. The fourth-order valence-corrected chi connectivity index (χ4v) is 3.41. The van der Waals surface area contributed by atoms with Crippen molar-refractivity contribution in [2.45, 2.75) is 45.1 Å². The molecule has 1 heterocycles. The number of fused-ring (bicyclic) bond motifs is 1. The van der Waals surface area contributed by atoms with Crippen LogP contribution >= 0.6 is 12.2 Å². The molecule has 0 spiro atoms. The molecule has 0 aliphatic heterocycles. The van der Waals surface area contributed by atoms with Crippen LogP contribution in [0.2, 0.25) is 0 Å². The predicted octanol–water partition coefficient (Wildman–Crippen LogP) is 4.30. The van der Waals surface area contributed by atoms with Gasteiger partial charge in [0.2, 0.25) is 0 Å². The standard InChI is InChI=1S/C14H18N2S/c1-3-14(7-4-8-14)16-12-9-10(2)5-6-11(12)15-13(16)17/h5-6,9H,3-4,7-8H2,1-2H3,(H,15,17). The van der Waals surface area contributed by atoms with Gasteiger partial charge in [-0.25, -0.2) is 0 Å². The highest BCUT2D eigenvalue weighted by Crippen LogP contribution is 2.43. The first kappa shape index (κ1) is 11.0. The van der Waals surface area contributed by atoms with Crippen LogP contribution in [0.15, 0.2) is 18.2 Å². The highest BCUT2D eigenvalue weighted by atomic mass is 32.1. The topological polar surface area (TPSA) is 20.7 Å². The Morgan fingerprint density at radius 2 is 2.18 bits per heavy atom. The SMILES string of the molecule is CCC1(n2c(=S)[nH]c3ccc(C)cc32)CCC1. The zero-order valence-corrected chi connectivity index (χ0v) is 11.2. The van der Waals surface area contributed by atoms with Gasteiger partial charge in [0, 0.05) is 5.54 Å². The predicted molar refractivity (Wildman–Crippen MR) is 74.0 cm³/mol. The molecule has 90 valence electrons. The minimum Gasteiger partial charge on any atom is -0.331 e. The van der Waals surface area contributed by atoms with E-state index in [4.69, 9.17) is 12.2 Å². The van der Waals surface area contributed by atoms with Crippen molar-refractivity contribution in [2.24, 2.45) is 0 Å². The van der Waals surface area contributed by atoms with E-state index in [0.717, 1.165) is 4.77 Å². The van der Waals surface area contributed by atoms with Crippen LogP contribution in [0.5, 0.6) is 0 Å². The first-order valence-corrected chi connectivity index (χ1v) is 6.79. The maximum atomic E-state index is 5.52. The van der Waals surface area contributed by atoms with E-state index in [2.05, 4.69) is 41.6 Å². The second kappa shape index (κ2) is 3.70. The number of hydrogen-bond donors (Lipinski definition) is 1. The van der Waals surface area contributed by atoms with E-state index in [1.807, 2.05) is 0 Å². The fraction of sp³-hybridized carbons (Fsp3) is 0.500. The van der Waals surface area contributed by atoms with Crippen molar-refractivity contribution >= 4 is 23.3 Å². The Balaban J connectivity index is 2.31. The highest BCUT2D eigenvalue weighted by molar-refractivity contribution is 7.71. The summed E-state index contributed by atoms with van der Waals surface area (Å²) >= 11 is 5.52. The highest BCUT2D eigenvalue weighted by Gasteiger charge is 2.38. The van der Waals surface area contributed by atoms with E-state index in [-0.39, 0.29) is 5.54 Å². The number of rotatable bonds is 2. The number of aryl methyl sites for hydroxylation is 1. The maximum absolute atomic E-state index is 5.52. The van der Waals surface area contributed by atoms with Gasteiger partial charge in [0.15, 0.2) is 4.77 Å². The smallest absolute Gasteiger partial charge is 0.178 e. The largest absolute Gasteiger partial charge is 0.331 e. The van der Waals surface area contributed by atoms with Crippen molar-refractivity contribution in [3.05, 3.63) is 28.5 Å². The zero-order chi connectivity index (χ0) is 12.0. The Bertz CT molecular complexity index is 611. The molecule has 0 radical (unpaired) electrons. The first-order chi connectivity index (χ1) is 8.16. The van der Waals surface area contributed by atoms with Crippen LogP contribution in [-0.2, 0) is 5.54 Å². The molecule has 0 saturated heterocycles. The number of hydrogen-bond acceptors (Lipinski definition) is 1. The average molecular weight is 246 g/mol. The number of nitrogens with one attached hydrogen (secondary N) is 1. The molecule has 17 heavy (non-hydrogen) atoms. The number of nitrogens with zero attached hydrogens (tertiary/aromatic N) is 1. The minimum absolute atomic E-state index is 0.281. The van der Waals surface area contributed by atoms with E-state index in [9.17, 15) is 0 Å². The Morgan fingerprint density at radius 3 is 2.76 bits per heavy atom. The van der Waals surface area contributed by atoms with Crippen LogP contribution in [0.1, 0.15) is 38.2 Å². The van der Waals surface area contributed by atoms with Gasteiger partial charge in [-0.2, -0.15) is 0 Å². The molecule has 1 fully saturated rings. The number of H-pyrrole nitrogens is 1. The van der Waals surface area contributed by atoms with Crippen LogP contribution < -0.4 is 0 Å². The summed E-state index contributed by atoms with van der Waals surface area (Å²) < 4.78 is 3.25. The quantitative estimate of drug-likeness (QED) is 0.784. The van der Waals surface area contributed by atoms with Gasteiger partial charge in [-0.1, -0.05) is 13.0 Å². The van der Waals surface area contributed by atoms with E-state index in [1.165, 1.54) is 42.3 Å². The second-order valence-electron chi connectivity index (χ2n) is 5.22. The third-order valence-corrected chi connectivity index (χ3v) is 4.54. The summed E-state index contributed by atoms with van der Waals surface area (Å²) in [5.74, 6) is 0. The third kappa shape index (κ3) is 1.48. The van der Waals surface area contributed by atoms with Crippen molar-refractivity contribution in [3.8, 4) is 0 Å². The molecule has 1 aliphatic rings. The Labute approximate surface area is 107 Å². The van der Waals surface area contributed by atoms with Gasteiger partial charge in [-0.3, -0.25) is 0 Å². The summed E-state index contributed by atoms with van der Waals surface area (Å²) in [6.07, 6.45) is 5.02. The van der Waals surface area contributed by atoms with Gasteiger partial charge in [-0.15, -0.1) is 0 Å². The molecule has 1 N–H and O–H groups in total. The van der Waals surface area contributed by atoms with Gasteiger partial charge in [0.05, 0.1) is 11.0 Å². The molecule has 3 heteroatoms. The molecule has 1 saturated carbocycles. The van der Waals surface area contributed by atoms with Gasteiger partial charge in [0.1, 0.15) is 0 Å².